The lowest BCUT2D eigenvalue weighted by atomic mass is 10.2. The Morgan fingerprint density at radius 2 is 1.32 bits per heavy atom. The fourth-order valence-electron chi connectivity index (χ4n) is 2.71. The SMILES string of the molecule is Cc1cnc(P(=O)(c2ccccc2)c2ccccc2)c(C)c1. The summed E-state index contributed by atoms with van der Waals surface area (Å²) in [5, 5.41) is 1.64. The zero-order valence-corrected chi connectivity index (χ0v) is 13.6. The van der Waals surface area contributed by atoms with Gasteiger partial charge < -0.3 is 4.57 Å². The number of aryl methyl sites for hydroxylation is 2. The highest BCUT2D eigenvalue weighted by Crippen LogP contribution is 2.42. The van der Waals surface area contributed by atoms with E-state index in [1.807, 2.05) is 80.6 Å². The molecular formula is C19H18NOP. The molecule has 0 spiro atoms. The summed E-state index contributed by atoms with van der Waals surface area (Å²) in [6.07, 6.45) is 1.79. The highest BCUT2D eigenvalue weighted by Gasteiger charge is 2.32. The Morgan fingerprint density at radius 3 is 1.77 bits per heavy atom. The van der Waals surface area contributed by atoms with Gasteiger partial charge >= 0.3 is 0 Å². The first kappa shape index (κ1) is 14.7. The number of nitrogens with zero attached hydrogens (tertiary/aromatic N) is 1. The minimum atomic E-state index is -2.95. The van der Waals surface area contributed by atoms with Crippen LogP contribution in [0.25, 0.3) is 0 Å². The number of pyridine rings is 1. The van der Waals surface area contributed by atoms with Gasteiger partial charge in [0.05, 0.1) is 0 Å². The lowest BCUT2D eigenvalue weighted by Crippen LogP contribution is -2.28. The van der Waals surface area contributed by atoms with E-state index in [1.165, 1.54) is 0 Å². The fraction of sp³-hybridized carbons (Fsp3) is 0.105. The van der Waals surface area contributed by atoms with Crippen molar-refractivity contribution in [2.45, 2.75) is 13.8 Å². The van der Waals surface area contributed by atoms with Crippen molar-refractivity contribution >= 4 is 23.2 Å². The van der Waals surface area contributed by atoms with Gasteiger partial charge in [-0.2, -0.15) is 0 Å². The van der Waals surface area contributed by atoms with E-state index in [2.05, 4.69) is 4.98 Å². The summed E-state index contributed by atoms with van der Waals surface area (Å²) >= 11 is 0. The molecule has 0 atom stereocenters. The molecule has 0 radical (unpaired) electrons. The smallest absolute Gasteiger partial charge is 0.188 e. The zero-order valence-electron chi connectivity index (χ0n) is 12.7. The van der Waals surface area contributed by atoms with Crippen molar-refractivity contribution in [1.29, 1.82) is 0 Å². The van der Waals surface area contributed by atoms with E-state index in [0.717, 1.165) is 21.7 Å². The van der Waals surface area contributed by atoms with Crippen molar-refractivity contribution in [3.8, 4) is 0 Å². The first-order chi connectivity index (χ1) is 10.6. The van der Waals surface area contributed by atoms with E-state index in [4.69, 9.17) is 0 Å². The van der Waals surface area contributed by atoms with E-state index in [-0.39, 0.29) is 0 Å². The first-order valence-electron chi connectivity index (χ1n) is 7.27. The van der Waals surface area contributed by atoms with Crippen LogP contribution in [0, 0.1) is 13.8 Å². The molecule has 0 bridgehead atoms. The molecule has 0 unspecified atom stereocenters. The van der Waals surface area contributed by atoms with Gasteiger partial charge in [-0.05, 0) is 25.0 Å². The van der Waals surface area contributed by atoms with Gasteiger partial charge in [-0.1, -0.05) is 66.7 Å². The molecule has 1 heterocycles. The second-order valence-electron chi connectivity index (χ2n) is 5.43. The van der Waals surface area contributed by atoms with Gasteiger partial charge in [0.25, 0.3) is 0 Å². The van der Waals surface area contributed by atoms with Gasteiger partial charge in [-0.3, -0.25) is 4.98 Å². The summed E-state index contributed by atoms with van der Waals surface area (Å²) in [6, 6.07) is 21.3. The molecule has 1 aromatic heterocycles. The monoisotopic (exact) mass is 307 g/mol. The molecule has 110 valence electrons. The number of hydrogen-bond acceptors (Lipinski definition) is 2. The third-order valence-electron chi connectivity index (χ3n) is 3.73. The van der Waals surface area contributed by atoms with E-state index in [1.54, 1.807) is 6.20 Å². The van der Waals surface area contributed by atoms with Crippen molar-refractivity contribution in [3.05, 3.63) is 84.1 Å². The molecule has 3 aromatic rings. The molecule has 22 heavy (non-hydrogen) atoms. The molecule has 0 aliphatic heterocycles. The maximum absolute atomic E-state index is 14.1. The predicted octanol–water partition coefficient (Wildman–Crippen LogP) is 3.34. The van der Waals surface area contributed by atoms with E-state index >= 15 is 0 Å². The highest BCUT2D eigenvalue weighted by atomic mass is 31.2. The third-order valence-corrected chi connectivity index (χ3v) is 6.84. The summed E-state index contributed by atoms with van der Waals surface area (Å²) in [7, 11) is -2.95. The second kappa shape index (κ2) is 5.90. The summed E-state index contributed by atoms with van der Waals surface area (Å²) in [6.45, 7) is 3.98. The van der Waals surface area contributed by atoms with Gasteiger partial charge in [-0.25, -0.2) is 0 Å². The van der Waals surface area contributed by atoms with Crippen molar-refractivity contribution in [2.75, 3.05) is 0 Å². The van der Waals surface area contributed by atoms with Crippen LogP contribution in [-0.2, 0) is 4.57 Å². The number of aromatic nitrogens is 1. The van der Waals surface area contributed by atoms with E-state index in [9.17, 15) is 4.57 Å². The second-order valence-corrected chi connectivity index (χ2v) is 8.11. The molecular weight excluding hydrogens is 289 g/mol. The summed E-state index contributed by atoms with van der Waals surface area (Å²) in [4.78, 5) is 4.54. The first-order valence-corrected chi connectivity index (χ1v) is 8.98. The highest BCUT2D eigenvalue weighted by molar-refractivity contribution is 7.85. The normalized spacial score (nSPS) is 11.4. The van der Waals surface area contributed by atoms with Crippen LogP contribution >= 0.6 is 7.14 Å². The Balaban J connectivity index is 2.31. The quantitative estimate of drug-likeness (QED) is 0.695. The van der Waals surface area contributed by atoms with Gasteiger partial charge in [0.1, 0.15) is 5.44 Å². The fourth-order valence-corrected chi connectivity index (χ4v) is 5.46. The van der Waals surface area contributed by atoms with Crippen molar-refractivity contribution in [2.24, 2.45) is 0 Å². The molecule has 0 amide bonds. The van der Waals surface area contributed by atoms with Crippen LogP contribution in [0.3, 0.4) is 0 Å². The van der Waals surface area contributed by atoms with Crippen LogP contribution < -0.4 is 16.0 Å². The number of rotatable bonds is 3. The van der Waals surface area contributed by atoms with Crippen molar-refractivity contribution < 1.29 is 4.57 Å². The zero-order chi connectivity index (χ0) is 15.6. The Hall–Kier alpha value is -2.18. The minimum absolute atomic E-state index is 0.676. The molecule has 2 nitrogen and oxygen atoms in total. The Bertz CT molecular complexity index is 785. The average molecular weight is 307 g/mol. The van der Waals surface area contributed by atoms with Gasteiger partial charge in [0, 0.05) is 16.8 Å². The molecule has 3 heteroatoms. The van der Waals surface area contributed by atoms with Gasteiger partial charge in [0.15, 0.2) is 7.14 Å². The molecule has 0 aliphatic carbocycles. The van der Waals surface area contributed by atoms with Crippen LogP contribution in [0.1, 0.15) is 11.1 Å². The summed E-state index contributed by atoms with van der Waals surface area (Å²) in [5.74, 6) is 0. The summed E-state index contributed by atoms with van der Waals surface area (Å²) in [5.41, 5.74) is 2.72. The third kappa shape index (κ3) is 2.51. The number of hydrogen-bond donors (Lipinski definition) is 0. The van der Waals surface area contributed by atoms with Crippen LogP contribution in [0.5, 0.6) is 0 Å². The maximum atomic E-state index is 14.1. The standard InChI is InChI=1S/C19H18NOP/c1-15-13-16(2)19(20-14-15)22(21,17-9-5-3-6-10-17)18-11-7-4-8-12-18/h3-14H,1-2H3. The molecule has 0 fully saturated rings. The molecule has 0 saturated carbocycles. The van der Waals surface area contributed by atoms with Crippen LogP contribution in [-0.4, -0.2) is 4.98 Å². The van der Waals surface area contributed by atoms with Crippen molar-refractivity contribution in [1.82, 2.24) is 4.98 Å². The molecule has 2 aromatic carbocycles. The summed E-state index contributed by atoms with van der Waals surface area (Å²) < 4.78 is 14.1. The van der Waals surface area contributed by atoms with Crippen LogP contribution in [0.15, 0.2) is 72.9 Å². The molecule has 0 aliphatic rings. The number of benzene rings is 2. The maximum Gasteiger partial charge on any atom is 0.188 e. The molecule has 3 rings (SSSR count). The molecule has 0 saturated heterocycles. The topological polar surface area (TPSA) is 30.0 Å². The Labute approximate surface area is 131 Å². The lowest BCUT2D eigenvalue weighted by Gasteiger charge is -2.20. The van der Waals surface area contributed by atoms with Crippen molar-refractivity contribution in [3.63, 3.8) is 0 Å². The van der Waals surface area contributed by atoms with Gasteiger partial charge in [0.2, 0.25) is 0 Å². The van der Waals surface area contributed by atoms with Gasteiger partial charge in [-0.15, -0.1) is 0 Å². The Morgan fingerprint density at radius 1 is 0.818 bits per heavy atom. The van der Waals surface area contributed by atoms with Crippen LogP contribution in [0.2, 0.25) is 0 Å². The Kier molecular flexibility index (Phi) is 3.96. The molecule has 0 N–H and O–H groups in total. The predicted molar refractivity (Wildman–Crippen MR) is 93.1 cm³/mol. The average Bonchev–Trinajstić information content (AvgIpc) is 2.56. The van der Waals surface area contributed by atoms with E-state index < -0.39 is 7.14 Å². The van der Waals surface area contributed by atoms with Crippen LogP contribution in [0.4, 0.5) is 0 Å². The largest absolute Gasteiger partial charge is 0.307 e. The van der Waals surface area contributed by atoms with E-state index in [0.29, 0.717) is 5.44 Å². The minimum Gasteiger partial charge on any atom is -0.307 e. The lowest BCUT2D eigenvalue weighted by molar-refractivity contribution is 0.592.